The molecule has 70 valence electrons. The van der Waals surface area contributed by atoms with Crippen LogP contribution in [-0.4, -0.2) is 5.11 Å². The number of hydrogen-bond donors (Lipinski definition) is 1. The van der Waals surface area contributed by atoms with E-state index in [1.165, 1.54) is 0 Å². The quantitative estimate of drug-likeness (QED) is 0.861. The van der Waals surface area contributed by atoms with Gasteiger partial charge in [0.05, 0.1) is 17.2 Å². The van der Waals surface area contributed by atoms with Crippen LogP contribution in [0.15, 0.2) is 22.0 Å². The van der Waals surface area contributed by atoms with Crippen molar-refractivity contribution in [2.45, 2.75) is 6.42 Å². The molecule has 0 radical (unpaired) electrons. The highest BCUT2D eigenvalue weighted by molar-refractivity contribution is 9.10. The Labute approximate surface area is 93.5 Å². The molecule has 0 spiro atoms. The van der Waals surface area contributed by atoms with Gasteiger partial charge in [0.15, 0.2) is 0 Å². The predicted molar refractivity (Wildman–Crippen MR) is 60.5 cm³/mol. The Morgan fingerprint density at radius 2 is 2.36 bits per heavy atom. The van der Waals surface area contributed by atoms with E-state index in [1.807, 2.05) is 11.4 Å². The van der Waals surface area contributed by atoms with Crippen molar-refractivity contribution < 1.29 is 5.11 Å². The first-order valence-electron chi connectivity index (χ1n) is 3.98. The van der Waals surface area contributed by atoms with Gasteiger partial charge in [-0.1, -0.05) is 0 Å². The highest BCUT2D eigenvalue weighted by atomic mass is 79.9. The van der Waals surface area contributed by atoms with Gasteiger partial charge in [0.1, 0.15) is 5.75 Å². The van der Waals surface area contributed by atoms with E-state index in [-0.39, 0.29) is 5.75 Å². The average Bonchev–Trinajstić information content (AvgIpc) is 2.63. The lowest BCUT2D eigenvalue weighted by atomic mass is 10.1. The standard InChI is InChI=1S/C10H6BrNOS/c11-9-6(1-3-12)5-8(13)7-2-4-14-10(7)9/h2,4-5,13H,1H2. The molecule has 0 aliphatic heterocycles. The fourth-order valence-corrected chi connectivity index (χ4v) is 2.97. The summed E-state index contributed by atoms with van der Waals surface area (Å²) in [6, 6.07) is 5.58. The van der Waals surface area contributed by atoms with Crippen LogP contribution in [0, 0.1) is 11.3 Å². The Balaban J connectivity index is 2.76. The van der Waals surface area contributed by atoms with E-state index in [4.69, 9.17) is 5.26 Å². The molecule has 0 fully saturated rings. The molecule has 14 heavy (non-hydrogen) atoms. The van der Waals surface area contributed by atoms with Crippen LogP contribution in [-0.2, 0) is 6.42 Å². The van der Waals surface area contributed by atoms with E-state index in [2.05, 4.69) is 22.0 Å². The maximum atomic E-state index is 9.67. The highest BCUT2D eigenvalue weighted by Gasteiger charge is 2.10. The van der Waals surface area contributed by atoms with E-state index in [0.717, 1.165) is 20.1 Å². The molecule has 0 saturated carbocycles. The maximum absolute atomic E-state index is 9.67. The van der Waals surface area contributed by atoms with Crippen LogP contribution in [0.3, 0.4) is 0 Å². The summed E-state index contributed by atoms with van der Waals surface area (Å²) in [5.74, 6) is 0.245. The van der Waals surface area contributed by atoms with Gasteiger partial charge in [-0.3, -0.25) is 0 Å². The van der Waals surface area contributed by atoms with Crippen molar-refractivity contribution in [2.24, 2.45) is 0 Å². The highest BCUT2D eigenvalue weighted by Crippen LogP contribution is 2.37. The number of aromatic hydroxyl groups is 1. The molecule has 0 atom stereocenters. The molecule has 0 saturated heterocycles. The van der Waals surface area contributed by atoms with Crippen LogP contribution in [0.4, 0.5) is 0 Å². The lowest BCUT2D eigenvalue weighted by Crippen LogP contribution is -1.84. The Kier molecular flexibility index (Phi) is 2.44. The second-order valence-electron chi connectivity index (χ2n) is 2.87. The average molecular weight is 268 g/mol. The largest absolute Gasteiger partial charge is 0.507 e. The van der Waals surface area contributed by atoms with E-state index in [0.29, 0.717) is 6.42 Å². The molecule has 1 aromatic carbocycles. The smallest absolute Gasteiger partial charge is 0.124 e. The molecule has 1 heterocycles. The molecule has 2 aromatic rings. The molecule has 0 aliphatic carbocycles. The Bertz CT molecular complexity index is 527. The van der Waals surface area contributed by atoms with E-state index in [9.17, 15) is 5.11 Å². The van der Waals surface area contributed by atoms with Crippen molar-refractivity contribution in [3.8, 4) is 11.8 Å². The van der Waals surface area contributed by atoms with Crippen LogP contribution < -0.4 is 0 Å². The number of fused-ring (bicyclic) bond motifs is 1. The summed E-state index contributed by atoms with van der Waals surface area (Å²) in [5.41, 5.74) is 0.833. The summed E-state index contributed by atoms with van der Waals surface area (Å²) >= 11 is 5.00. The number of halogens is 1. The molecule has 0 aliphatic rings. The number of rotatable bonds is 1. The van der Waals surface area contributed by atoms with E-state index >= 15 is 0 Å². The van der Waals surface area contributed by atoms with Crippen LogP contribution in [0.25, 0.3) is 10.1 Å². The first-order valence-corrected chi connectivity index (χ1v) is 5.66. The predicted octanol–water partition coefficient (Wildman–Crippen LogP) is 3.44. The lowest BCUT2D eigenvalue weighted by Gasteiger charge is -2.03. The third-order valence-corrected chi connectivity index (χ3v) is 4.10. The van der Waals surface area contributed by atoms with E-state index in [1.54, 1.807) is 17.4 Å². The van der Waals surface area contributed by atoms with E-state index < -0.39 is 0 Å². The maximum Gasteiger partial charge on any atom is 0.124 e. The normalized spacial score (nSPS) is 10.3. The first kappa shape index (κ1) is 9.50. The molecule has 2 nitrogen and oxygen atoms in total. The number of nitriles is 1. The summed E-state index contributed by atoms with van der Waals surface area (Å²) in [6.45, 7) is 0. The monoisotopic (exact) mass is 267 g/mol. The van der Waals surface area contributed by atoms with Crippen molar-refractivity contribution in [1.29, 1.82) is 5.26 Å². The first-order chi connectivity index (χ1) is 6.74. The zero-order chi connectivity index (χ0) is 10.1. The van der Waals surface area contributed by atoms with Crippen LogP contribution >= 0.6 is 27.3 Å². The van der Waals surface area contributed by atoms with Gasteiger partial charge in [-0.25, -0.2) is 0 Å². The van der Waals surface area contributed by atoms with Gasteiger partial charge in [0, 0.05) is 9.86 Å². The summed E-state index contributed by atoms with van der Waals surface area (Å²) < 4.78 is 1.91. The van der Waals surface area contributed by atoms with Crippen molar-refractivity contribution in [3.63, 3.8) is 0 Å². The minimum atomic E-state index is 0.245. The van der Waals surface area contributed by atoms with Gasteiger partial charge >= 0.3 is 0 Å². The topological polar surface area (TPSA) is 44.0 Å². The number of thiophene rings is 1. The minimum Gasteiger partial charge on any atom is -0.507 e. The molecule has 2 rings (SSSR count). The summed E-state index contributed by atoms with van der Waals surface area (Å²) in [7, 11) is 0. The van der Waals surface area contributed by atoms with Gasteiger partial charge in [-0.15, -0.1) is 11.3 Å². The number of benzene rings is 1. The third-order valence-electron chi connectivity index (χ3n) is 2.00. The van der Waals surface area contributed by atoms with Gasteiger partial charge in [-0.05, 0) is 39.0 Å². The number of hydrogen-bond acceptors (Lipinski definition) is 3. The fourth-order valence-electron chi connectivity index (χ4n) is 1.35. The zero-order valence-electron chi connectivity index (χ0n) is 7.12. The molecule has 0 bridgehead atoms. The number of phenols is 1. The summed E-state index contributed by atoms with van der Waals surface area (Å²) in [4.78, 5) is 0. The van der Waals surface area contributed by atoms with Crippen molar-refractivity contribution in [2.75, 3.05) is 0 Å². The second-order valence-corrected chi connectivity index (χ2v) is 4.58. The zero-order valence-corrected chi connectivity index (χ0v) is 9.52. The second kappa shape index (κ2) is 3.60. The lowest BCUT2D eigenvalue weighted by molar-refractivity contribution is 0.481. The Morgan fingerprint density at radius 1 is 1.57 bits per heavy atom. The molecule has 1 N–H and O–H groups in total. The molecule has 4 heteroatoms. The Morgan fingerprint density at radius 3 is 3.07 bits per heavy atom. The summed E-state index contributed by atoms with van der Waals surface area (Å²) in [5, 5.41) is 21.0. The molecule has 0 amide bonds. The SMILES string of the molecule is N#CCc1cc(O)c2ccsc2c1Br. The van der Waals surface area contributed by atoms with Crippen molar-refractivity contribution in [1.82, 2.24) is 0 Å². The van der Waals surface area contributed by atoms with Gasteiger partial charge in [0.2, 0.25) is 0 Å². The van der Waals surface area contributed by atoms with Gasteiger partial charge in [0.25, 0.3) is 0 Å². The molecular weight excluding hydrogens is 262 g/mol. The fraction of sp³-hybridized carbons (Fsp3) is 0.100. The van der Waals surface area contributed by atoms with Crippen molar-refractivity contribution in [3.05, 3.63) is 27.5 Å². The molecule has 1 aromatic heterocycles. The van der Waals surface area contributed by atoms with Crippen molar-refractivity contribution >= 4 is 37.4 Å². The third kappa shape index (κ3) is 1.39. The van der Waals surface area contributed by atoms with Crippen LogP contribution in [0.1, 0.15) is 5.56 Å². The molecule has 0 unspecified atom stereocenters. The van der Waals surface area contributed by atoms with Gasteiger partial charge in [-0.2, -0.15) is 5.26 Å². The van der Waals surface area contributed by atoms with Crippen LogP contribution in [0.5, 0.6) is 5.75 Å². The van der Waals surface area contributed by atoms with Gasteiger partial charge < -0.3 is 5.11 Å². The number of phenolic OH excluding ortho intramolecular Hbond substituents is 1. The minimum absolute atomic E-state index is 0.245. The molecular formula is C10H6BrNOS. The van der Waals surface area contributed by atoms with Crippen LogP contribution in [0.2, 0.25) is 0 Å². The summed E-state index contributed by atoms with van der Waals surface area (Å²) in [6.07, 6.45) is 0.308. The Hall–Kier alpha value is -1.05. The number of nitrogens with zero attached hydrogens (tertiary/aromatic N) is 1.